The number of carbonyl (C=O) groups is 2. The molecule has 5 nitrogen and oxygen atoms in total. The normalized spacial score (nSPS) is 10.5. The number of hydrogen-bond donors (Lipinski definition) is 2. The summed E-state index contributed by atoms with van der Waals surface area (Å²) in [6.07, 6.45) is 0.988. The topological polar surface area (TPSA) is 71.1 Å². The molecule has 1 heterocycles. The average Bonchev–Trinajstić information content (AvgIpc) is 2.49. The largest absolute Gasteiger partial charge is 0.359 e. The highest BCUT2D eigenvalue weighted by molar-refractivity contribution is 6.31. The predicted molar refractivity (Wildman–Crippen MR) is 87.1 cm³/mol. The minimum Gasteiger partial charge on any atom is -0.359 e. The van der Waals surface area contributed by atoms with Crippen molar-refractivity contribution in [3.63, 3.8) is 0 Å². The predicted octanol–water partition coefficient (Wildman–Crippen LogP) is 2.45. The molecular weight excluding hydrogens is 302 g/mol. The maximum atomic E-state index is 12.3. The molecule has 0 fully saturated rings. The molecular formula is C16H18ClN3O2. The van der Waals surface area contributed by atoms with Gasteiger partial charge in [-0.1, -0.05) is 17.7 Å². The van der Waals surface area contributed by atoms with Gasteiger partial charge in [-0.25, -0.2) is 0 Å². The Balaban J connectivity index is 2.12. The van der Waals surface area contributed by atoms with Gasteiger partial charge in [-0.15, -0.1) is 0 Å². The Morgan fingerprint density at radius 3 is 2.77 bits per heavy atom. The highest BCUT2D eigenvalue weighted by Crippen LogP contribution is 2.22. The maximum absolute atomic E-state index is 12.3. The Bertz CT molecular complexity index is 711. The summed E-state index contributed by atoms with van der Waals surface area (Å²) in [4.78, 5) is 27.9. The lowest BCUT2D eigenvalue weighted by molar-refractivity contribution is -0.120. The summed E-state index contributed by atoms with van der Waals surface area (Å²) in [7, 11) is 1.60. The number of pyridine rings is 1. The molecule has 22 heavy (non-hydrogen) atoms. The third-order valence-corrected chi connectivity index (χ3v) is 3.52. The molecule has 1 aromatic carbocycles. The molecule has 0 saturated carbocycles. The Labute approximate surface area is 134 Å². The number of fused-ring (bicyclic) bond motifs is 1. The van der Waals surface area contributed by atoms with Crippen LogP contribution in [0.1, 0.15) is 28.9 Å². The molecule has 0 radical (unpaired) electrons. The Morgan fingerprint density at radius 1 is 1.27 bits per heavy atom. The smallest absolute Gasteiger partial charge is 0.252 e. The van der Waals surface area contributed by atoms with Crippen LogP contribution in [0.25, 0.3) is 10.9 Å². The van der Waals surface area contributed by atoms with Gasteiger partial charge in [0, 0.05) is 36.1 Å². The Hall–Kier alpha value is -2.14. The van der Waals surface area contributed by atoms with Gasteiger partial charge in [-0.3, -0.25) is 14.6 Å². The second kappa shape index (κ2) is 7.22. The van der Waals surface area contributed by atoms with Crippen LogP contribution in [0, 0.1) is 6.92 Å². The molecule has 2 N–H and O–H groups in total. The van der Waals surface area contributed by atoms with Crippen molar-refractivity contribution in [2.75, 3.05) is 13.6 Å². The first-order valence-electron chi connectivity index (χ1n) is 7.07. The molecule has 0 spiro atoms. The molecule has 0 bridgehead atoms. The fraction of sp³-hybridized carbons (Fsp3) is 0.312. The Morgan fingerprint density at radius 2 is 2.05 bits per heavy atom. The molecule has 0 unspecified atom stereocenters. The lowest BCUT2D eigenvalue weighted by atomic mass is 10.1. The van der Waals surface area contributed by atoms with E-state index in [2.05, 4.69) is 15.6 Å². The van der Waals surface area contributed by atoms with Crippen molar-refractivity contribution < 1.29 is 9.59 Å². The fourth-order valence-corrected chi connectivity index (χ4v) is 2.36. The number of hydrogen-bond acceptors (Lipinski definition) is 3. The first-order chi connectivity index (χ1) is 10.5. The van der Waals surface area contributed by atoms with E-state index in [9.17, 15) is 9.59 Å². The van der Waals surface area contributed by atoms with Crippen LogP contribution in [0.5, 0.6) is 0 Å². The lowest BCUT2D eigenvalue weighted by Crippen LogP contribution is -2.26. The standard InChI is InChI=1S/C16H18ClN3O2/c1-10-8-13(12-6-5-11(17)9-14(12)20-10)16(22)19-7-3-4-15(21)18-2/h5-6,8-9H,3-4,7H2,1-2H3,(H,18,21)(H,19,22). The van der Waals surface area contributed by atoms with Crippen molar-refractivity contribution in [1.29, 1.82) is 0 Å². The molecule has 116 valence electrons. The van der Waals surface area contributed by atoms with Crippen molar-refractivity contribution in [3.8, 4) is 0 Å². The van der Waals surface area contributed by atoms with E-state index in [0.29, 0.717) is 35.5 Å². The van der Waals surface area contributed by atoms with Gasteiger partial charge >= 0.3 is 0 Å². The minimum absolute atomic E-state index is 0.0332. The third-order valence-electron chi connectivity index (χ3n) is 3.29. The van der Waals surface area contributed by atoms with Gasteiger partial charge in [0.05, 0.1) is 11.1 Å². The molecule has 6 heteroatoms. The number of nitrogens with one attached hydrogen (secondary N) is 2. The van der Waals surface area contributed by atoms with Crippen molar-refractivity contribution in [2.45, 2.75) is 19.8 Å². The Kier molecular flexibility index (Phi) is 5.33. The molecule has 0 aliphatic carbocycles. The van der Waals surface area contributed by atoms with Crippen LogP contribution in [-0.4, -0.2) is 30.4 Å². The van der Waals surface area contributed by atoms with E-state index in [1.165, 1.54) is 0 Å². The maximum Gasteiger partial charge on any atom is 0.252 e. The summed E-state index contributed by atoms with van der Waals surface area (Å²) in [5.74, 6) is -0.205. The van der Waals surface area contributed by atoms with Crippen LogP contribution in [-0.2, 0) is 4.79 Å². The minimum atomic E-state index is -0.172. The van der Waals surface area contributed by atoms with Gasteiger partial charge in [0.2, 0.25) is 5.91 Å². The fourth-order valence-electron chi connectivity index (χ4n) is 2.19. The van der Waals surface area contributed by atoms with Crippen LogP contribution in [0.3, 0.4) is 0 Å². The molecule has 0 saturated heterocycles. The van der Waals surface area contributed by atoms with E-state index in [-0.39, 0.29) is 11.8 Å². The van der Waals surface area contributed by atoms with E-state index in [1.54, 1.807) is 31.3 Å². The van der Waals surface area contributed by atoms with Gasteiger partial charge in [-0.2, -0.15) is 0 Å². The van der Waals surface area contributed by atoms with Gasteiger partial charge < -0.3 is 10.6 Å². The number of carbonyl (C=O) groups excluding carboxylic acids is 2. The van der Waals surface area contributed by atoms with Crippen molar-refractivity contribution in [3.05, 3.63) is 40.5 Å². The summed E-state index contributed by atoms with van der Waals surface area (Å²) in [6, 6.07) is 7.03. The molecule has 2 amide bonds. The van der Waals surface area contributed by atoms with E-state index < -0.39 is 0 Å². The summed E-state index contributed by atoms with van der Waals surface area (Å²) >= 11 is 5.97. The highest BCUT2D eigenvalue weighted by atomic mass is 35.5. The van der Waals surface area contributed by atoms with Gasteiger partial charge in [0.1, 0.15) is 0 Å². The molecule has 1 aromatic heterocycles. The van der Waals surface area contributed by atoms with E-state index >= 15 is 0 Å². The summed E-state index contributed by atoms with van der Waals surface area (Å²) in [5.41, 5.74) is 2.02. The molecule has 2 rings (SSSR count). The molecule has 2 aromatic rings. The van der Waals surface area contributed by atoms with Crippen molar-refractivity contribution in [1.82, 2.24) is 15.6 Å². The number of nitrogens with zero attached hydrogens (tertiary/aromatic N) is 1. The van der Waals surface area contributed by atoms with Crippen LogP contribution < -0.4 is 10.6 Å². The van der Waals surface area contributed by atoms with Gasteiger partial charge in [-0.05, 0) is 31.5 Å². The van der Waals surface area contributed by atoms with Crippen molar-refractivity contribution in [2.24, 2.45) is 0 Å². The van der Waals surface area contributed by atoms with Gasteiger partial charge in [0.25, 0.3) is 5.91 Å². The number of halogens is 1. The number of amides is 2. The summed E-state index contributed by atoms with van der Waals surface area (Å²) in [6.45, 7) is 2.28. The van der Waals surface area contributed by atoms with Crippen LogP contribution >= 0.6 is 11.6 Å². The van der Waals surface area contributed by atoms with Crippen LogP contribution in [0.4, 0.5) is 0 Å². The zero-order valence-electron chi connectivity index (χ0n) is 12.6. The SMILES string of the molecule is CNC(=O)CCCNC(=O)c1cc(C)nc2cc(Cl)ccc12. The van der Waals surface area contributed by atoms with E-state index in [0.717, 1.165) is 11.1 Å². The zero-order chi connectivity index (χ0) is 16.1. The van der Waals surface area contributed by atoms with E-state index in [4.69, 9.17) is 11.6 Å². The molecule has 0 atom stereocenters. The third kappa shape index (κ3) is 3.95. The van der Waals surface area contributed by atoms with E-state index in [1.807, 2.05) is 6.92 Å². The second-order valence-electron chi connectivity index (χ2n) is 5.01. The average molecular weight is 320 g/mol. The first-order valence-corrected chi connectivity index (χ1v) is 7.44. The summed E-state index contributed by atoms with van der Waals surface area (Å²) in [5, 5.41) is 6.73. The van der Waals surface area contributed by atoms with Crippen LogP contribution in [0.15, 0.2) is 24.3 Å². The lowest BCUT2D eigenvalue weighted by Gasteiger charge is -2.09. The summed E-state index contributed by atoms with van der Waals surface area (Å²) < 4.78 is 0. The molecule has 0 aliphatic rings. The molecule has 0 aliphatic heterocycles. The highest BCUT2D eigenvalue weighted by Gasteiger charge is 2.12. The van der Waals surface area contributed by atoms with Gasteiger partial charge in [0.15, 0.2) is 0 Å². The second-order valence-corrected chi connectivity index (χ2v) is 5.44. The number of aryl methyl sites for hydroxylation is 1. The number of benzene rings is 1. The monoisotopic (exact) mass is 319 g/mol. The number of rotatable bonds is 5. The first kappa shape index (κ1) is 16.2. The zero-order valence-corrected chi connectivity index (χ0v) is 13.3. The number of aromatic nitrogens is 1. The quantitative estimate of drug-likeness (QED) is 0.832. The van der Waals surface area contributed by atoms with Crippen molar-refractivity contribution >= 4 is 34.3 Å². The van der Waals surface area contributed by atoms with Crippen LogP contribution in [0.2, 0.25) is 5.02 Å².